The topological polar surface area (TPSA) is 69.6 Å². The van der Waals surface area contributed by atoms with Crippen LogP contribution in [0.15, 0.2) is 168 Å². The van der Waals surface area contributed by atoms with Gasteiger partial charge in [-0.2, -0.15) is 0 Å². The molecule has 0 spiro atoms. The van der Waals surface area contributed by atoms with Crippen LogP contribution in [0.1, 0.15) is 0 Å². The van der Waals surface area contributed by atoms with E-state index in [1.807, 2.05) is 54.6 Å². The molecule has 0 N–H and O–H groups in total. The molecule has 4 heterocycles. The van der Waals surface area contributed by atoms with Crippen molar-refractivity contribution in [1.82, 2.24) is 24.5 Å². The minimum absolute atomic E-state index is 0.603. The predicted molar refractivity (Wildman–Crippen MR) is 216 cm³/mol. The van der Waals surface area contributed by atoms with Gasteiger partial charge in [0.2, 0.25) is 5.89 Å². The lowest BCUT2D eigenvalue weighted by molar-refractivity contribution is 0.620. The van der Waals surface area contributed by atoms with Gasteiger partial charge in [-0.25, -0.2) is 19.9 Å². The summed E-state index contributed by atoms with van der Waals surface area (Å²) >= 11 is 1.78. The Balaban J connectivity index is 1.06. The van der Waals surface area contributed by atoms with Crippen LogP contribution in [0.25, 0.3) is 104 Å². The largest absolute Gasteiger partial charge is 0.436 e. The Hall–Kier alpha value is -6.96. The fraction of sp³-hybridized carbons (Fsp3) is 0. The maximum atomic E-state index is 6.17. The summed E-state index contributed by atoms with van der Waals surface area (Å²) < 4.78 is 10.9. The van der Waals surface area contributed by atoms with Gasteiger partial charge in [-0.05, 0) is 66.7 Å². The first-order chi connectivity index (χ1) is 26.2. The van der Waals surface area contributed by atoms with Crippen LogP contribution in [0.4, 0.5) is 0 Å². The molecule has 7 heteroatoms. The van der Waals surface area contributed by atoms with E-state index in [0.717, 1.165) is 55.5 Å². The third kappa shape index (κ3) is 4.86. The summed E-state index contributed by atoms with van der Waals surface area (Å²) in [6, 6.07) is 56.4. The van der Waals surface area contributed by atoms with Gasteiger partial charge in [-0.15, -0.1) is 11.3 Å². The van der Waals surface area contributed by atoms with Crippen LogP contribution in [0.2, 0.25) is 0 Å². The van der Waals surface area contributed by atoms with Gasteiger partial charge in [0, 0.05) is 58.9 Å². The van der Waals surface area contributed by atoms with Crippen molar-refractivity contribution in [3.8, 4) is 51.3 Å². The van der Waals surface area contributed by atoms with Crippen molar-refractivity contribution >= 4 is 64.4 Å². The monoisotopic (exact) mass is 697 g/mol. The van der Waals surface area contributed by atoms with Gasteiger partial charge in [0.25, 0.3) is 0 Å². The van der Waals surface area contributed by atoms with E-state index in [1.165, 1.54) is 25.6 Å². The maximum Gasteiger partial charge on any atom is 0.227 e. The van der Waals surface area contributed by atoms with Crippen molar-refractivity contribution in [2.45, 2.75) is 0 Å². The fourth-order valence-corrected chi connectivity index (χ4v) is 8.61. The Labute approximate surface area is 307 Å². The van der Waals surface area contributed by atoms with E-state index in [0.29, 0.717) is 23.4 Å². The molecule has 0 unspecified atom stereocenters. The highest BCUT2D eigenvalue weighted by Gasteiger charge is 2.18. The number of aromatic nitrogens is 5. The highest BCUT2D eigenvalue weighted by atomic mass is 32.1. The first-order valence-corrected chi connectivity index (χ1v) is 18.3. The summed E-state index contributed by atoms with van der Waals surface area (Å²) in [6.07, 6.45) is 0. The lowest BCUT2D eigenvalue weighted by Gasteiger charge is -2.11. The summed E-state index contributed by atoms with van der Waals surface area (Å²) in [5, 5.41) is 4.80. The molecular formula is C46H27N5OS. The van der Waals surface area contributed by atoms with E-state index in [9.17, 15) is 0 Å². The van der Waals surface area contributed by atoms with Crippen molar-refractivity contribution in [1.29, 1.82) is 0 Å². The van der Waals surface area contributed by atoms with Crippen LogP contribution in [0.5, 0.6) is 0 Å². The van der Waals surface area contributed by atoms with Crippen molar-refractivity contribution in [2.75, 3.05) is 0 Å². The van der Waals surface area contributed by atoms with Crippen molar-refractivity contribution in [3.63, 3.8) is 0 Å². The summed E-state index contributed by atoms with van der Waals surface area (Å²) in [5.74, 6) is 2.52. The number of rotatable bonds is 5. The number of thiophene rings is 1. The molecule has 0 fully saturated rings. The Bertz CT molecular complexity index is 3140. The number of para-hydroxylation sites is 3. The Morgan fingerprint density at radius 1 is 0.453 bits per heavy atom. The van der Waals surface area contributed by atoms with E-state index in [4.69, 9.17) is 24.4 Å². The Morgan fingerprint density at radius 2 is 1.11 bits per heavy atom. The number of benzene rings is 7. The molecule has 53 heavy (non-hydrogen) atoms. The number of nitrogens with zero attached hydrogens (tertiary/aromatic N) is 5. The molecule has 248 valence electrons. The molecule has 7 aromatic carbocycles. The number of hydrogen-bond acceptors (Lipinski definition) is 6. The molecule has 0 saturated carbocycles. The zero-order chi connectivity index (χ0) is 34.9. The first kappa shape index (κ1) is 29.7. The fourth-order valence-electron chi connectivity index (χ4n) is 7.40. The SMILES string of the molecule is c1ccc(-c2nc(-c3ccc(-n4c5ccccc5c5ccc(-c6nc7ccccc7o6)cc54)cc3)nc(-c3cccc4c3sc3ccccc34)n2)cc1. The number of oxazole rings is 1. The second-order valence-electron chi connectivity index (χ2n) is 13.1. The van der Waals surface area contributed by atoms with Crippen molar-refractivity contribution < 1.29 is 4.42 Å². The predicted octanol–water partition coefficient (Wildman–Crippen LogP) is 12.1. The van der Waals surface area contributed by atoms with Gasteiger partial charge < -0.3 is 8.98 Å². The van der Waals surface area contributed by atoms with Gasteiger partial charge >= 0.3 is 0 Å². The molecular weight excluding hydrogens is 671 g/mol. The number of hydrogen-bond donors (Lipinski definition) is 0. The van der Waals surface area contributed by atoms with Gasteiger partial charge in [-0.3, -0.25) is 0 Å². The van der Waals surface area contributed by atoms with Gasteiger partial charge in [0.1, 0.15) is 5.52 Å². The minimum Gasteiger partial charge on any atom is -0.436 e. The Morgan fingerprint density at radius 3 is 1.96 bits per heavy atom. The summed E-state index contributed by atoms with van der Waals surface area (Å²) in [7, 11) is 0. The summed E-state index contributed by atoms with van der Waals surface area (Å²) in [4.78, 5) is 20.0. The minimum atomic E-state index is 0.603. The van der Waals surface area contributed by atoms with Crippen molar-refractivity contribution in [3.05, 3.63) is 164 Å². The molecule has 0 aliphatic heterocycles. The zero-order valence-corrected chi connectivity index (χ0v) is 29.0. The molecule has 0 saturated heterocycles. The second kappa shape index (κ2) is 11.8. The second-order valence-corrected chi connectivity index (χ2v) is 14.1. The normalized spacial score (nSPS) is 11.8. The summed E-state index contributed by atoms with van der Waals surface area (Å²) in [6.45, 7) is 0. The molecule has 11 rings (SSSR count). The van der Waals surface area contributed by atoms with E-state index < -0.39 is 0 Å². The molecule has 4 aromatic heterocycles. The molecule has 0 radical (unpaired) electrons. The van der Waals surface area contributed by atoms with Crippen LogP contribution in [-0.4, -0.2) is 24.5 Å². The average Bonchev–Trinajstić information content (AvgIpc) is 3.93. The van der Waals surface area contributed by atoms with Crippen LogP contribution >= 0.6 is 11.3 Å². The van der Waals surface area contributed by atoms with E-state index >= 15 is 0 Å². The molecule has 0 atom stereocenters. The zero-order valence-electron chi connectivity index (χ0n) is 28.1. The lowest BCUT2D eigenvalue weighted by atomic mass is 10.1. The van der Waals surface area contributed by atoms with Crippen LogP contribution in [0.3, 0.4) is 0 Å². The molecule has 0 amide bonds. The highest BCUT2D eigenvalue weighted by Crippen LogP contribution is 2.40. The molecule has 0 aliphatic rings. The van der Waals surface area contributed by atoms with E-state index in [2.05, 4.69) is 114 Å². The third-order valence-electron chi connectivity index (χ3n) is 9.91. The van der Waals surface area contributed by atoms with Crippen LogP contribution in [-0.2, 0) is 0 Å². The smallest absolute Gasteiger partial charge is 0.227 e. The first-order valence-electron chi connectivity index (χ1n) is 17.5. The molecule has 0 aliphatic carbocycles. The van der Waals surface area contributed by atoms with Gasteiger partial charge in [0.05, 0.1) is 11.0 Å². The molecule has 6 nitrogen and oxygen atoms in total. The third-order valence-corrected chi connectivity index (χ3v) is 11.1. The Kier molecular flexibility index (Phi) is 6.62. The van der Waals surface area contributed by atoms with Crippen LogP contribution < -0.4 is 0 Å². The number of fused-ring (bicyclic) bond motifs is 7. The van der Waals surface area contributed by atoms with Gasteiger partial charge in [-0.1, -0.05) is 97.1 Å². The van der Waals surface area contributed by atoms with Crippen molar-refractivity contribution in [2.24, 2.45) is 0 Å². The summed E-state index contributed by atoms with van der Waals surface area (Å²) in [5.41, 5.74) is 8.62. The molecule has 0 bridgehead atoms. The van der Waals surface area contributed by atoms with E-state index in [-0.39, 0.29) is 0 Å². The quantitative estimate of drug-likeness (QED) is 0.179. The average molecular weight is 698 g/mol. The lowest BCUT2D eigenvalue weighted by Crippen LogP contribution is -2.00. The molecule has 11 aromatic rings. The maximum absolute atomic E-state index is 6.17. The van der Waals surface area contributed by atoms with Gasteiger partial charge in [0.15, 0.2) is 23.1 Å². The highest BCUT2D eigenvalue weighted by molar-refractivity contribution is 7.26. The van der Waals surface area contributed by atoms with Crippen LogP contribution in [0, 0.1) is 0 Å². The standard InChI is InChI=1S/C46H27N5OS/c1-2-11-28(12-3-1)43-48-44(50-45(49-43)36-16-10-15-35-34-14-5-9-20-41(34)53-42(35)36)29-21-24-31(25-22-29)51-38-18-7-4-13-32(38)33-26-23-30(27-39(33)51)46-47-37-17-6-8-19-40(37)52-46/h1-27H. The van der Waals surface area contributed by atoms with E-state index in [1.54, 1.807) is 11.3 Å².